The van der Waals surface area contributed by atoms with E-state index in [0.29, 0.717) is 31.0 Å². The van der Waals surface area contributed by atoms with E-state index >= 15 is 0 Å². The van der Waals surface area contributed by atoms with Crippen molar-refractivity contribution in [1.29, 1.82) is 0 Å². The Morgan fingerprint density at radius 1 is 0.900 bits per heavy atom. The molecule has 0 aromatic carbocycles. The highest BCUT2D eigenvalue weighted by molar-refractivity contribution is 4.97. The second-order valence-electron chi connectivity index (χ2n) is 6.99. The van der Waals surface area contributed by atoms with Gasteiger partial charge in [-0.3, -0.25) is 0 Å². The first-order valence-corrected chi connectivity index (χ1v) is 7.98. The Balaban J connectivity index is 1.60. The number of hydrogen-bond donors (Lipinski definition) is 1. The summed E-state index contributed by atoms with van der Waals surface area (Å²) in [4.78, 5) is 2.28. The molecule has 3 aliphatic rings. The maximum Gasteiger partial charge on any atom is 0.391 e. The van der Waals surface area contributed by atoms with Crippen molar-refractivity contribution in [2.75, 3.05) is 7.05 Å². The van der Waals surface area contributed by atoms with Gasteiger partial charge in [0.05, 0.1) is 5.92 Å². The third kappa shape index (κ3) is 2.98. The van der Waals surface area contributed by atoms with Gasteiger partial charge in [-0.05, 0) is 52.0 Å². The standard InChI is InChI=1S/C15H25F3N2/c1-20(14-8-11-5-6-12(9-14)19-11)13-4-2-3-10(7-13)15(16,17)18/h10-14,19H,2-9H2,1H3. The van der Waals surface area contributed by atoms with Crippen LogP contribution in [0, 0.1) is 5.92 Å². The van der Waals surface area contributed by atoms with Crippen LogP contribution >= 0.6 is 0 Å². The van der Waals surface area contributed by atoms with Crippen LogP contribution in [0.5, 0.6) is 0 Å². The molecule has 1 N–H and O–H groups in total. The summed E-state index contributed by atoms with van der Waals surface area (Å²) in [6.45, 7) is 0. The van der Waals surface area contributed by atoms with E-state index in [2.05, 4.69) is 17.3 Å². The normalized spacial score (nSPS) is 42.1. The van der Waals surface area contributed by atoms with Gasteiger partial charge in [0.1, 0.15) is 0 Å². The topological polar surface area (TPSA) is 15.3 Å². The number of nitrogens with one attached hydrogen (secondary N) is 1. The van der Waals surface area contributed by atoms with Gasteiger partial charge < -0.3 is 10.2 Å². The van der Waals surface area contributed by atoms with Gasteiger partial charge in [0.25, 0.3) is 0 Å². The summed E-state index contributed by atoms with van der Waals surface area (Å²) in [5.74, 6) is -1.08. The van der Waals surface area contributed by atoms with Crippen molar-refractivity contribution in [3.8, 4) is 0 Å². The van der Waals surface area contributed by atoms with Crippen LogP contribution < -0.4 is 5.32 Å². The lowest BCUT2D eigenvalue weighted by Crippen LogP contribution is -2.51. The molecular weight excluding hydrogens is 265 g/mol. The van der Waals surface area contributed by atoms with Crippen molar-refractivity contribution < 1.29 is 13.2 Å². The molecule has 1 saturated carbocycles. The van der Waals surface area contributed by atoms with Crippen LogP contribution in [0.1, 0.15) is 51.4 Å². The zero-order valence-electron chi connectivity index (χ0n) is 12.1. The second kappa shape index (κ2) is 5.48. The summed E-state index contributed by atoms with van der Waals surface area (Å²) in [5.41, 5.74) is 0. The van der Waals surface area contributed by atoms with Crippen LogP contribution in [-0.2, 0) is 0 Å². The molecule has 2 aliphatic heterocycles. The molecule has 3 rings (SSSR count). The zero-order chi connectivity index (χ0) is 14.3. The van der Waals surface area contributed by atoms with Crippen LogP contribution in [0.3, 0.4) is 0 Å². The van der Waals surface area contributed by atoms with Crippen LogP contribution in [0.25, 0.3) is 0 Å². The number of alkyl halides is 3. The molecular formula is C15H25F3N2. The van der Waals surface area contributed by atoms with E-state index < -0.39 is 12.1 Å². The molecule has 0 aromatic heterocycles. The third-order valence-electron chi connectivity index (χ3n) is 5.71. The number of hydrogen-bond acceptors (Lipinski definition) is 2. The predicted octanol–water partition coefficient (Wildman–Crippen LogP) is 3.32. The summed E-state index contributed by atoms with van der Waals surface area (Å²) in [6, 6.07) is 1.80. The molecule has 2 nitrogen and oxygen atoms in total. The Morgan fingerprint density at radius 3 is 2.15 bits per heavy atom. The minimum atomic E-state index is -4.01. The fraction of sp³-hybridized carbons (Fsp3) is 1.00. The first-order chi connectivity index (χ1) is 9.43. The van der Waals surface area contributed by atoms with Gasteiger partial charge in [0, 0.05) is 24.2 Å². The van der Waals surface area contributed by atoms with Gasteiger partial charge in [0.2, 0.25) is 0 Å². The molecule has 3 fully saturated rings. The van der Waals surface area contributed by atoms with Gasteiger partial charge in [-0.25, -0.2) is 0 Å². The third-order valence-corrected chi connectivity index (χ3v) is 5.71. The van der Waals surface area contributed by atoms with Crippen molar-refractivity contribution >= 4 is 0 Å². The number of nitrogens with zero attached hydrogens (tertiary/aromatic N) is 1. The van der Waals surface area contributed by atoms with E-state index in [0.717, 1.165) is 25.7 Å². The summed E-state index contributed by atoms with van der Waals surface area (Å²) >= 11 is 0. The van der Waals surface area contributed by atoms with Gasteiger partial charge >= 0.3 is 6.18 Å². The highest BCUT2D eigenvalue weighted by Crippen LogP contribution is 2.40. The lowest BCUT2D eigenvalue weighted by molar-refractivity contribution is -0.187. The highest BCUT2D eigenvalue weighted by atomic mass is 19.4. The van der Waals surface area contributed by atoms with Crippen molar-refractivity contribution in [2.45, 2.75) is 81.7 Å². The number of piperidine rings is 1. The van der Waals surface area contributed by atoms with E-state index in [4.69, 9.17) is 0 Å². The van der Waals surface area contributed by atoms with Gasteiger partial charge in [-0.1, -0.05) is 6.42 Å². The molecule has 4 atom stereocenters. The summed E-state index contributed by atoms with van der Waals surface area (Å²) in [7, 11) is 2.05. The first-order valence-electron chi connectivity index (χ1n) is 7.98. The quantitative estimate of drug-likeness (QED) is 0.839. The summed E-state index contributed by atoms with van der Waals surface area (Å²) in [5, 5.41) is 3.60. The van der Waals surface area contributed by atoms with Gasteiger partial charge in [0.15, 0.2) is 0 Å². The predicted molar refractivity (Wildman–Crippen MR) is 72.5 cm³/mol. The maximum atomic E-state index is 12.9. The van der Waals surface area contributed by atoms with E-state index in [1.54, 1.807) is 0 Å². The van der Waals surface area contributed by atoms with Gasteiger partial charge in [-0.15, -0.1) is 0 Å². The van der Waals surface area contributed by atoms with E-state index in [-0.39, 0.29) is 6.04 Å². The van der Waals surface area contributed by atoms with Crippen LogP contribution in [-0.4, -0.2) is 42.3 Å². The fourth-order valence-corrected chi connectivity index (χ4v) is 4.49. The molecule has 0 amide bonds. The van der Waals surface area contributed by atoms with Crippen LogP contribution in [0.2, 0.25) is 0 Å². The largest absolute Gasteiger partial charge is 0.391 e. The molecule has 2 heterocycles. The average molecular weight is 290 g/mol. The minimum absolute atomic E-state index is 0.123. The number of fused-ring (bicyclic) bond motifs is 2. The van der Waals surface area contributed by atoms with E-state index in [1.807, 2.05) is 0 Å². The average Bonchev–Trinajstić information content (AvgIpc) is 2.76. The van der Waals surface area contributed by atoms with Crippen LogP contribution in [0.15, 0.2) is 0 Å². The molecule has 0 spiro atoms. The molecule has 0 aromatic rings. The Kier molecular flexibility index (Phi) is 4.01. The molecule has 20 heavy (non-hydrogen) atoms. The SMILES string of the molecule is CN(C1CC2CCC(C1)N2)C1CCCC(C(F)(F)F)C1. The first kappa shape index (κ1) is 14.6. The molecule has 5 heteroatoms. The van der Waals surface area contributed by atoms with Crippen molar-refractivity contribution in [3.63, 3.8) is 0 Å². The highest BCUT2D eigenvalue weighted by Gasteiger charge is 2.44. The molecule has 1 aliphatic carbocycles. The minimum Gasteiger partial charge on any atom is -0.311 e. The molecule has 2 bridgehead atoms. The smallest absolute Gasteiger partial charge is 0.311 e. The fourth-order valence-electron chi connectivity index (χ4n) is 4.49. The lowest BCUT2D eigenvalue weighted by Gasteiger charge is -2.43. The molecule has 0 radical (unpaired) electrons. The zero-order valence-corrected chi connectivity index (χ0v) is 12.1. The van der Waals surface area contributed by atoms with E-state index in [9.17, 15) is 13.2 Å². The Morgan fingerprint density at radius 2 is 1.55 bits per heavy atom. The number of halogens is 3. The van der Waals surface area contributed by atoms with Gasteiger partial charge in [-0.2, -0.15) is 13.2 Å². The van der Waals surface area contributed by atoms with E-state index in [1.165, 1.54) is 12.8 Å². The van der Waals surface area contributed by atoms with Crippen molar-refractivity contribution in [1.82, 2.24) is 10.2 Å². The molecule has 4 unspecified atom stereocenters. The summed E-state index contributed by atoms with van der Waals surface area (Å²) < 4.78 is 38.8. The Labute approximate surface area is 119 Å². The monoisotopic (exact) mass is 290 g/mol. The second-order valence-corrected chi connectivity index (χ2v) is 6.99. The van der Waals surface area contributed by atoms with Crippen molar-refractivity contribution in [2.24, 2.45) is 5.92 Å². The molecule has 2 saturated heterocycles. The summed E-state index contributed by atoms with van der Waals surface area (Å²) in [6.07, 6.45) is 2.98. The molecule has 116 valence electrons. The Bertz CT molecular complexity index is 333. The lowest BCUT2D eigenvalue weighted by atomic mass is 9.83. The Hall–Kier alpha value is -0.290. The van der Waals surface area contributed by atoms with Crippen molar-refractivity contribution in [3.05, 3.63) is 0 Å². The van der Waals surface area contributed by atoms with Crippen LogP contribution in [0.4, 0.5) is 13.2 Å². The maximum absolute atomic E-state index is 12.9. The number of rotatable bonds is 2.